The van der Waals surface area contributed by atoms with Gasteiger partial charge in [-0.15, -0.1) is 0 Å². The van der Waals surface area contributed by atoms with Crippen molar-refractivity contribution in [3.63, 3.8) is 0 Å². The fourth-order valence-corrected chi connectivity index (χ4v) is 3.46. The van der Waals surface area contributed by atoms with Gasteiger partial charge in [0.1, 0.15) is 11.5 Å². The van der Waals surface area contributed by atoms with Crippen molar-refractivity contribution in [2.24, 2.45) is 0 Å². The van der Waals surface area contributed by atoms with Gasteiger partial charge in [-0.2, -0.15) is 0 Å². The van der Waals surface area contributed by atoms with Gasteiger partial charge in [0, 0.05) is 10.8 Å². The molecule has 0 radical (unpaired) electrons. The van der Waals surface area contributed by atoms with Gasteiger partial charge in [-0.3, -0.25) is 0 Å². The van der Waals surface area contributed by atoms with E-state index in [1.807, 2.05) is 0 Å². The summed E-state index contributed by atoms with van der Waals surface area (Å²) in [6, 6.07) is 24.0. The van der Waals surface area contributed by atoms with Crippen LogP contribution >= 0.6 is 0 Å². The van der Waals surface area contributed by atoms with Crippen LogP contribution in [0.15, 0.2) is 84.9 Å². The van der Waals surface area contributed by atoms with Crippen LogP contribution in [-0.4, -0.2) is 25.5 Å². The minimum atomic E-state index is -0.966. The van der Waals surface area contributed by atoms with Crippen LogP contribution in [0.4, 0.5) is 9.59 Å². The molecule has 0 unspecified atom stereocenters. The largest absolute Gasteiger partial charge is 0.519 e. The first kappa shape index (κ1) is 24.4. The molecule has 0 N–H and O–H groups in total. The molecule has 0 aliphatic carbocycles. The summed E-state index contributed by atoms with van der Waals surface area (Å²) in [4.78, 5) is 25.3. The molecule has 0 bridgehead atoms. The number of benzene rings is 4. The van der Waals surface area contributed by atoms with Crippen LogP contribution in [0.25, 0.3) is 10.8 Å². The highest BCUT2D eigenvalue weighted by Gasteiger charge is 2.28. The Morgan fingerprint density at radius 3 is 1.22 bits per heavy atom. The van der Waals surface area contributed by atoms with Crippen LogP contribution in [0.3, 0.4) is 0 Å². The Morgan fingerprint density at radius 1 is 0.500 bits per heavy atom. The Kier molecular flexibility index (Phi) is 7.87. The first-order chi connectivity index (χ1) is 17.6. The van der Waals surface area contributed by atoms with Crippen molar-refractivity contribution in [1.29, 1.82) is 0 Å². The highest BCUT2D eigenvalue weighted by molar-refractivity contribution is 6.00. The van der Waals surface area contributed by atoms with Crippen molar-refractivity contribution < 1.29 is 38.0 Å². The zero-order valence-electron chi connectivity index (χ0n) is 19.8. The van der Waals surface area contributed by atoms with E-state index in [1.165, 1.54) is 0 Å². The SMILES string of the molecule is CCOc1c(OCC)c(OC(=O)Oc2ccccc2)c2ccccc2c1OC(=O)Oc1ccccc1. The second-order valence-electron chi connectivity index (χ2n) is 7.26. The Bertz CT molecular complexity index is 1230. The minimum Gasteiger partial charge on any atom is -0.487 e. The molecule has 0 heterocycles. The van der Waals surface area contributed by atoms with Crippen LogP contribution in [0.5, 0.6) is 34.5 Å². The zero-order chi connectivity index (χ0) is 25.3. The molecule has 4 aromatic rings. The van der Waals surface area contributed by atoms with Gasteiger partial charge >= 0.3 is 12.3 Å². The maximum absolute atomic E-state index is 12.7. The fourth-order valence-electron chi connectivity index (χ4n) is 3.46. The number of carbonyl (C=O) groups excluding carboxylic acids is 2. The quantitative estimate of drug-likeness (QED) is 0.198. The molecule has 8 heteroatoms. The monoisotopic (exact) mass is 488 g/mol. The molecular weight excluding hydrogens is 464 g/mol. The maximum Gasteiger partial charge on any atom is 0.519 e. The predicted molar refractivity (Wildman–Crippen MR) is 132 cm³/mol. The molecule has 0 fully saturated rings. The molecule has 8 nitrogen and oxygen atoms in total. The van der Waals surface area contributed by atoms with Gasteiger partial charge in [-0.1, -0.05) is 60.7 Å². The molecule has 0 aliphatic heterocycles. The van der Waals surface area contributed by atoms with E-state index in [-0.39, 0.29) is 36.2 Å². The zero-order valence-corrected chi connectivity index (χ0v) is 19.8. The number of para-hydroxylation sites is 2. The first-order valence-corrected chi connectivity index (χ1v) is 11.3. The molecular formula is C28H24O8. The van der Waals surface area contributed by atoms with Crippen molar-refractivity contribution in [2.75, 3.05) is 13.2 Å². The summed E-state index contributed by atoms with van der Waals surface area (Å²) in [5.41, 5.74) is 0. The van der Waals surface area contributed by atoms with E-state index in [2.05, 4.69) is 0 Å². The molecule has 0 amide bonds. The Balaban J connectivity index is 1.76. The molecule has 36 heavy (non-hydrogen) atoms. The van der Waals surface area contributed by atoms with E-state index >= 15 is 0 Å². The second-order valence-corrected chi connectivity index (χ2v) is 7.26. The Labute approximate surface area is 207 Å². The lowest BCUT2D eigenvalue weighted by molar-refractivity contribution is 0.145. The van der Waals surface area contributed by atoms with E-state index in [0.29, 0.717) is 22.3 Å². The fraction of sp³-hybridized carbons (Fsp3) is 0.143. The Hall–Kier alpha value is -4.72. The van der Waals surface area contributed by atoms with Crippen LogP contribution in [0.1, 0.15) is 13.8 Å². The third-order valence-corrected chi connectivity index (χ3v) is 4.87. The summed E-state index contributed by atoms with van der Waals surface area (Å²) in [7, 11) is 0. The van der Waals surface area contributed by atoms with Gasteiger partial charge in [0.25, 0.3) is 0 Å². The summed E-state index contributed by atoms with van der Waals surface area (Å²) in [6.07, 6.45) is -1.93. The van der Waals surface area contributed by atoms with E-state index in [0.717, 1.165) is 0 Å². The number of fused-ring (bicyclic) bond motifs is 1. The molecule has 0 atom stereocenters. The van der Waals surface area contributed by atoms with Crippen molar-refractivity contribution in [3.8, 4) is 34.5 Å². The van der Waals surface area contributed by atoms with Gasteiger partial charge in [-0.25, -0.2) is 9.59 Å². The van der Waals surface area contributed by atoms with Crippen molar-refractivity contribution in [3.05, 3.63) is 84.9 Å². The summed E-state index contributed by atoms with van der Waals surface area (Å²) in [5, 5.41) is 0.883. The first-order valence-electron chi connectivity index (χ1n) is 11.3. The highest BCUT2D eigenvalue weighted by atomic mass is 16.7. The minimum absolute atomic E-state index is 0.0700. The van der Waals surface area contributed by atoms with Crippen LogP contribution in [0, 0.1) is 0 Å². The number of carbonyl (C=O) groups is 2. The van der Waals surface area contributed by atoms with Crippen LogP contribution in [0.2, 0.25) is 0 Å². The average Bonchev–Trinajstić information content (AvgIpc) is 2.89. The summed E-state index contributed by atoms with van der Waals surface area (Å²) in [6.45, 7) is 3.97. The smallest absolute Gasteiger partial charge is 0.487 e. The molecule has 0 saturated heterocycles. The average molecular weight is 488 g/mol. The lowest BCUT2D eigenvalue weighted by atomic mass is 10.1. The number of rotatable bonds is 8. The number of hydrogen-bond acceptors (Lipinski definition) is 8. The normalized spacial score (nSPS) is 10.4. The molecule has 4 aromatic carbocycles. The van der Waals surface area contributed by atoms with E-state index in [9.17, 15) is 9.59 Å². The molecule has 4 rings (SSSR count). The standard InChI is InChI=1S/C28H24O8/c1-3-31-25-23(35-27(29)33-19-13-7-5-8-14-19)21-17-11-12-18-22(21)24(26(25)32-4-2)36-28(30)34-20-15-9-6-10-16-20/h5-18H,3-4H2,1-2H3. The third kappa shape index (κ3) is 5.67. The van der Waals surface area contributed by atoms with Gasteiger partial charge in [0.15, 0.2) is 11.5 Å². The van der Waals surface area contributed by atoms with Gasteiger partial charge < -0.3 is 28.4 Å². The number of ether oxygens (including phenoxy) is 6. The second kappa shape index (κ2) is 11.6. The van der Waals surface area contributed by atoms with Crippen molar-refractivity contribution >= 4 is 23.1 Å². The summed E-state index contributed by atoms with van der Waals surface area (Å²) >= 11 is 0. The van der Waals surface area contributed by atoms with Gasteiger partial charge in [0.2, 0.25) is 11.5 Å². The molecule has 0 saturated carbocycles. The third-order valence-electron chi connectivity index (χ3n) is 4.87. The maximum atomic E-state index is 12.7. The molecule has 0 aliphatic rings. The van der Waals surface area contributed by atoms with E-state index in [1.54, 1.807) is 98.8 Å². The highest BCUT2D eigenvalue weighted by Crippen LogP contribution is 2.51. The van der Waals surface area contributed by atoms with Gasteiger partial charge in [-0.05, 0) is 38.1 Å². The molecule has 0 spiro atoms. The van der Waals surface area contributed by atoms with Crippen molar-refractivity contribution in [2.45, 2.75) is 13.8 Å². The predicted octanol–water partition coefficient (Wildman–Crippen LogP) is 6.79. The Morgan fingerprint density at radius 2 is 0.861 bits per heavy atom. The van der Waals surface area contributed by atoms with E-state index in [4.69, 9.17) is 28.4 Å². The molecule has 0 aromatic heterocycles. The summed E-state index contributed by atoms with van der Waals surface area (Å²) < 4.78 is 33.5. The van der Waals surface area contributed by atoms with Crippen molar-refractivity contribution in [1.82, 2.24) is 0 Å². The van der Waals surface area contributed by atoms with Gasteiger partial charge in [0.05, 0.1) is 13.2 Å². The lowest BCUT2D eigenvalue weighted by Gasteiger charge is -2.20. The van der Waals surface area contributed by atoms with E-state index < -0.39 is 12.3 Å². The number of hydrogen-bond donors (Lipinski definition) is 0. The topological polar surface area (TPSA) is 89.5 Å². The van der Waals surface area contributed by atoms with Crippen LogP contribution in [-0.2, 0) is 0 Å². The molecule has 184 valence electrons. The summed E-state index contributed by atoms with van der Waals surface area (Å²) in [5.74, 6) is 0.953. The van der Waals surface area contributed by atoms with Crippen LogP contribution < -0.4 is 28.4 Å². The lowest BCUT2D eigenvalue weighted by Crippen LogP contribution is -2.17.